The van der Waals surface area contributed by atoms with Crippen LogP contribution in [0.25, 0.3) is 0 Å². The molecule has 1 unspecified atom stereocenters. The van der Waals surface area contributed by atoms with E-state index in [1.54, 1.807) is 0 Å². The molecule has 1 atom stereocenters. The van der Waals surface area contributed by atoms with Gasteiger partial charge in [-0.2, -0.15) is 0 Å². The minimum atomic E-state index is 0.475. The van der Waals surface area contributed by atoms with Gasteiger partial charge in [0.1, 0.15) is 0 Å². The summed E-state index contributed by atoms with van der Waals surface area (Å²) in [6, 6.07) is 0.538. The van der Waals surface area contributed by atoms with E-state index in [-0.39, 0.29) is 0 Å². The minimum Gasteiger partial charge on any atom is -0.380 e. The first-order valence-electron chi connectivity index (χ1n) is 5.98. The van der Waals surface area contributed by atoms with E-state index in [0.717, 1.165) is 19.6 Å². The van der Waals surface area contributed by atoms with Crippen molar-refractivity contribution in [1.29, 1.82) is 0 Å². The molecule has 1 saturated carbocycles. The summed E-state index contributed by atoms with van der Waals surface area (Å²) in [7, 11) is 2.06. The molecule has 0 aromatic rings. The van der Waals surface area contributed by atoms with Crippen molar-refractivity contribution in [3.05, 3.63) is 0 Å². The van der Waals surface area contributed by atoms with Crippen molar-refractivity contribution in [2.75, 3.05) is 20.3 Å². The lowest BCUT2D eigenvalue weighted by Gasteiger charge is -2.33. The number of rotatable bonds is 6. The third kappa shape index (κ3) is 2.96. The van der Waals surface area contributed by atoms with E-state index in [2.05, 4.69) is 26.2 Å². The van der Waals surface area contributed by atoms with Gasteiger partial charge in [0, 0.05) is 12.6 Å². The van der Waals surface area contributed by atoms with Gasteiger partial charge in [0.05, 0.1) is 6.61 Å². The topological polar surface area (TPSA) is 21.3 Å². The molecule has 84 valence electrons. The molecule has 0 saturated heterocycles. The van der Waals surface area contributed by atoms with Gasteiger partial charge >= 0.3 is 0 Å². The number of nitrogens with one attached hydrogen (secondary N) is 1. The van der Waals surface area contributed by atoms with Crippen molar-refractivity contribution in [2.45, 2.75) is 52.0 Å². The highest BCUT2D eigenvalue weighted by Crippen LogP contribution is 2.40. The quantitative estimate of drug-likeness (QED) is 0.664. The molecule has 1 rings (SSSR count). The average Bonchev–Trinajstić information content (AvgIpc) is 2.61. The highest BCUT2D eigenvalue weighted by molar-refractivity contribution is 4.90. The van der Waals surface area contributed by atoms with Crippen LogP contribution in [0.4, 0.5) is 0 Å². The lowest BCUT2D eigenvalue weighted by atomic mass is 9.81. The molecule has 0 amide bonds. The van der Waals surface area contributed by atoms with Crippen LogP contribution in [0.2, 0.25) is 0 Å². The zero-order valence-corrected chi connectivity index (χ0v) is 9.94. The Morgan fingerprint density at radius 2 is 2.00 bits per heavy atom. The Morgan fingerprint density at radius 3 is 2.50 bits per heavy atom. The molecule has 0 spiro atoms. The number of ether oxygens (including phenoxy) is 1. The van der Waals surface area contributed by atoms with E-state index in [4.69, 9.17) is 4.74 Å². The monoisotopic (exact) mass is 199 g/mol. The summed E-state index contributed by atoms with van der Waals surface area (Å²) in [5.41, 5.74) is 0.475. The predicted octanol–water partition coefficient (Wildman–Crippen LogP) is 2.58. The molecule has 1 N–H and O–H groups in total. The van der Waals surface area contributed by atoms with Crippen LogP contribution in [0.1, 0.15) is 46.0 Å². The van der Waals surface area contributed by atoms with Crippen LogP contribution in [0.5, 0.6) is 0 Å². The molecule has 1 aliphatic rings. The van der Waals surface area contributed by atoms with Gasteiger partial charge in [0.25, 0.3) is 0 Å². The minimum absolute atomic E-state index is 0.475. The molecule has 1 fully saturated rings. The van der Waals surface area contributed by atoms with E-state index in [1.807, 2.05) is 0 Å². The number of hydrogen-bond acceptors (Lipinski definition) is 2. The SMILES string of the molecule is CCCOCC(NC)C1(C)CCCC1. The second-order valence-electron chi connectivity index (χ2n) is 4.78. The third-order valence-electron chi connectivity index (χ3n) is 3.57. The second-order valence-corrected chi connectivity index (χ2v) is 4.78. The van der Waals surface area contributed by atoms with Crippen LogP contribution in [-0.4, -0.2) is 26.3 Å². The maximum absolute atomic E-state index is 5.65. The Bertz CT molecular complexity index is 152. The summed E-state index contributed by atoms with van der Waals surface area (Å²) in [5.74, 6) is 0. The molecule has 0 aromatic carbocycles. The standard InChI is InChI=1S/C12H25NO/c1-4-9-14-10-11(13-3)12(2)7-5-6-8-12/h11,13H,4-10H2,1-3H3. The van der Waals surface area contributed by atoms with E-state index in [1.165, 1.54) is 25.7 Å². The molecule has 0 aliphatic heterocycles. The smallest absolute Gasteiger partial charge is 0.0624 e. The summed E-state index contributed by atoms with van der Waals surface area (Å²) < 4.78 is 5.65. The first-order valence-corrected chi connectivity index (χ1v) is 5.98. The Kier molecular flexibility index (Phi) is 4.90. The van der Waals surface area contributed by atoms with Gasteiger partial charge in [-0.15, -0.1) is 0 Å². The maximum atomic E-state index is 5.65. The third-order valence-corrected chi connectivity index (χ3v) is 3.57. The number of likely N-dealkylation sites (N-methyl/N-ethyl adjacent to an activating group) is 1. The van der Waals surface area contributed by atoms with E-state index >= 15 is 0 Å². The average molecular weight is 199 g/mol. The lowest BCUT2D eigenvalue weighted by molar-refractivity contribution is 0.0687. The van der Waals surface area contributed by atoms with Gasteiger partial charge in [-0.1, -0.05) is 26.7 Å². The van der Waals surface area contributed by atoms with Gasteiger partial charge in [-0.05, 0) is 31.7 Å². The predicted molar refractivity (Wildman–Crippen MR) is 60.5 cm³/mol. The van der Waals surface area contributed by atoms with Crippen molar-refractivity contribution in [3.63, 3.8) is 0 Å². The van der Waals surface area contributed by atoms with Crippen LogP contribution in [0, 0.1) is 5.41 Å². The fourth-order valence-corrected chi connectivity index (χ4v) is 2.51. The highest BCUT2D eigenvalue weighted by atomic mass is 16.5. The summed E-state index contributed by atoms with van der Waals surface area (Å²) in [6.07, 6.45) is 6.61. The molecule has 0 bridgehead atoms. The Morgan fingerprint density at radius 1 is 1.36 bits per heavy atom. The Labute approximate surface area is 88.4 Å². The molecular formula is C12H25NO. The molecule has 0 radical (unpaired) electrons. The highest BCUT2D eigenvalue weighted by Gasteiger charge is 2.35. The van der Waals surface area contributed by atoms with E-state index < -0.39 is 0 Å². The second kappa shape index (κ2) is 5.72. The fourth-order valence-electron chi connectivity index (χ4n) is 2.51. The van der Waals surface area contributed by atoms with Crippen LogP contribution in [-0.2, 0) is 4.74 Å². The van der Waals surface area contributed by atoms with Crippen molar-refractivity contribution in [1.82, 2.24) is 5.32 Å². The van der Waals surface area contributed by atoms with Crippen LogP contribution < -0.4 is 5.32 Å². The van der Waals surface area contributed by atoms with Gasteiger partial charge in [-0.25, -0.2) is 0 Å². The molecule has 2 nitrogen and oxygen atoms in total. The lowest BCUT2D eigenvalue weighted by Crippen LogP contribution is -2.43. The van der Waals surface area contributed by atoms with Gasteiger partial charge in [-0.3, -0.25) is 0 Å². The van der Waals surface area contributed by atoms with Crippen LogP contribution in [0.15, 0.2) is 0 Å². The van der Waals surface area contributed by atoms with E-state index in [9.17, 15) is 0 Å². The molecule has 2 heteroatoms. The Balaban J connectivity index is 2.35. The van der Waals surface area contributed by atoms with Crippen LogP contribution in [0.3, 0.4) is 0 Å². The largest absolute Gasteiger partial charge is 0.380 e. The summed E-state index contributed by atoms with van der Waals surface area (Å²) in [4.78, 5) is 0. The molecule has 1 aliphatic carbocycles. The normalized spacial score (nSPS) is 22.5. The first kappa shape index (κ1) is 12.0. The van der Waals surface area contributed by atoms with Gasteiger partial charge < -0.3 is 10.1 Å². The van der Waals surface area contributed by atoms with Crippen LogP contribution >= 0.6 is 0 Å². The summed E-state index contributed by atoms with van der Waals surface area (Å²) >= 11 is 0. The van der Waals surface area contributed by atoms with Crippen molar-refractivity contribution < 1.29 is 4.74 Å². The fraction of sp³-hybridized carbons (Fsp3) is 1.00. The molecular weight excluding hydrogens is 174 g/mol. The van der Waals surface area contributed by atoms with Crippen molar-refractivity contribution in [2.24, 2.45) is 5.41 Å². The van der Waals surface area contributed by atoms with Gasteiger partial charge in [0.2, 0.25) is 0 Å². The van der Waals surface area contributed by atoms with Gasteiger partial charge in [0.15, 0.2) is 0 Å². The maximum Gasteiger partial charge on any atom is 0.0624 e. The summed E-state index contributed by atoms with van der Waals surface area (Å²) in [6.45, 7) is 6.33. The molecule has 14 heavy (non-hydrogen) atoms. The van der Waals surface area contributed by atoms with Crippen molar-refractivity contribution in [3.8, 4) is 0 Å². The Hall–Kier alpha value is -0.0800. The van der Waals surface area contributed by atoms with E-state index in [0.29, 0.717) is 11.5 Å². The zero-order valence-electron chi connectivity index (χ0n) is 9.94. The number of hydrogen-bond donors (Lipinski definition) is 1. The van der Waals surface area contributed by atoms with Crippen molar-refractivity contribution >= 4 is 0 Å². The molecule has 0 heterocycles. The first-order chi connectivity index (χ1) is 6.73. The zero-order chi connectivity index (χ0) is 10.4. The summed E-state index contributed by atoms with van der Waals surface area (Å²) in [5, 5.41) is 3.42. The molecule has 0 aromatic heterocycles.